The Labute approximate surface area is 129 Å². The third-order valence-electron chi connectivity index (χ3n) is 4.92. The Morgan fingerprint density at radius 3 is 2.43 bits per heavy atom. The first-order valence-corrected chi connectivity index (χ1v) is 7.43. The molecule has 0 amide bonds. The fourth-order valence-electron chi connectivity index (χ4n) is 3.77. The van der Waals surface area contributed by atoms with E-state index in [1.165, 1.54) is 0 Å². The highest BCUT2D eigenvalue weighted by Gasteiger charge is 2.54. The monoisotopic (exact) mass is 314 g/mol. The van der Waals surface area contributed by atoms with Gasteiger partial charge in [-0.1, -0.05) is 24.3 Å². The van der Waals surface area contributed by atoms with Crippen molar-refractivity contribution < 1.29 is 23.7 Å². The molecule has 0 saturated carbocycles. The van der Waals surface area contributed by atoms with Crippen LogP contribution in [0.4, 0.5) is 8.78 Å². The van der Waals surface area contributed by atoms with Crippen LogP contribution in [0.1, 0.15) is 23.3 Å². The second-order valence-corrected chi connectivity index (χ2v) is 6.14. The lowest BCUT2D eigenvalue weighted by Gasteiger charge is -2.25. The van der Waals surface area contributed by atoms with Crippen LogP contribution in [0.2, 0.25) is 0 Å². The van der Waals surface area contributed by atoms with E-state index in [0.29, 0.717) is 16.5 Å². The molecular weight excluding hydrogens is 302 g/mol. The van der Waals surface area contributed by atoms with Gasteiger partial charge in [0.2, 0.25) is 0 Å². The Bertz CT molecular complexity index is 985. The van der Waals surface area contributed by atoms with Crippen molar-refractivity contribution in [3.63, 3.8) is 0 Å². The molecule has 4 atom stereocenters. The Balaban J connectivity index is 1.99. The number of benzene rings is 3. The van der Waals surface area contributed by atoms with Gasteiger partial charge in [0.05, 0.1) is 0 Å². The summed E-state index contributed by atoms with van der Waals surface area (Å²) < 4.78 is 34.0. The van der Waals surface area contributed by atoms with Crippen molar-refractivity contribution >= 4 is 21.5 Å². The van der Waals surface area contributed by atoms with Crippen molar-refractivity contribution in [1.82, 2.24) is 0 Å². The first-order chi connectivity index (χ1) is 11.1. The lowest BCUT2D eigenvalue weighted by Crippen LogP contribution is -2.29. The van der Waals surface area contributed by atoms with Gasteiger partial charge in [-0.2, -0.15) is 0 Å². The number of halogens is 2. The summed E-state index contributed by atoms with van der Waals surface area (Å²) in [6, 6.07) is 8.96. The number of hydrogen-bond donors (Lipinski definition) is 2. The molecule has 0 aromatic heterocycles. The number of hydrogen-bond acceptors (Lipinski definition) is 3. The maximum absolute atomic E-state index is 14.5. The molecule has 0 spiro atoms. The summed E-state index contributed by atoms with van der Waals surface area (Å²) in [5.74, 6) is -1.01. The van der Waals surface area contributed by atoms with Gasteiger partial charge in [-0.25, -0.2) is 8.78 Å². The van der Waals surface area contributed by atoms with Crippen LogP contribution in [-0.2, 0) is 4.74 Å². The molecule has 3 aromatic carbocycles. The van der Waals surface area contributed by atoms with Gasteiger partial charge in [0.1, 0.15) is 36.1 Å². The van der Waals surface area contributed by atoms with E-state index in [-0.39, 0.29) is 16.9 Å². The third kappa shape index (κ3) is 1.62. The summed E-state index contributed by atoms with van der Waals surface area (Å²) in [6.45, 7) is 0. The Morgan fingerprint density at radius 2 is 1.61 bits per heavy atom. The highest BCUT2D eigenvalue weighted by molar-refractivity contribution is 6.10. The number of rotatable bonds is 0. The third-order valence-corrected chi connectivity index (χ3v) is 4.92. The van der Waals surface area contributed by atoms with E-state index in [0.717, 1.165) is 17.5 Å². The van der Waals surface area contributed by atoms with Crippen LogP contribution in [-0.4, -0.2) is 22.4 Å². The van der Waals surface area contributed by atoms with Gasteiger partial charge in [0.15, 0.2) is 0 Å². The van der Waals surface area contributed by atoms with Crippen molar-refractivity contribution in [2.45, 2.75) is 24.4 Å². The SMILES string of the molecule is O[C@H]1[C@H]2O[C@H]2c2c(ccc3ccc4c(F)ccc(F)c4c23)[C@@H]1O. The average molecular weight is 314 g/mol. The molecule has 2 aliphatic rings. The zero-order valence-electron chi connectivity index (χ0n) is 11.8. The van der Waals surface area contributed by atoms with Gasteiger partial charge in [-0.3, -0.25) is 0 Å². The number of epoxide rings is 1. The van der Waals surface area contributed by atoms with Crippen LogP contribution in [0, 0.1) is 11.6 Å². The predicted molar refractivity (Wildman–Crippen MR) is 80.0 cm³/mol. The van der Waals surface area contributed by atoms with Crippen molar-refractivity contribution in [1.29, 1.82) is 0 Å². The normalized spacial score (nSPS) is 28.7. The molecular formula is C18H12F2O3. The largest absolute Gasteiger partial charge is 0.387 e. The molecule has 23 heavy (non-hydrogen) atoms. The summed E-state index contributed by atoms with van der Waals surface area (Å²) in [4.78, 5) is 0. The fraction of sp³-hybridized carbons (Fsp3) is 0.222. The first kappa shape index (κ1) is 13.4. The van der Waals surface area contributed by atoms with Crippen LogP contribution < -0.4 is 0 Å². The number of fused-ring (bicyclic) bond motifs is 7. The molecule has 0 radical (unpaired) electrons. The summed E-state index contributed by atoms with van der Waals surface area (Å²) in [5, 5.41) is 22.0. The molecule has 0 bridgehead atoms. The lowest BCUT2D eigenvalue weighted by atomic mass is 9.83. The molecule has 1 heterocycles. The molecule has 2 N–H and O–H groups in total. The van der Waals surface area contributed by atoms with Gasteiger partial charge in [-0.15, -0.1) is 0 Å². The van der Waals surface area contributed by atoms with Gasteiger partial charge in [0.25, 0.3) is 0 Å². The van der Waals surface area contributed by atoms with Crippen LogP contribution in [0.5, 0.6) is 0 Å². The minimum Gasteiger partial charge on any atom is -0.387 e. The van der Waals surface area contributed by atoms with E-state index in [4.69, 9.17) is 4.74 Å². The maximum Gasteiger partial charge on any atom is 0.131 e. The van der Waals surface area contributed by atoms with E-state index >= 15 is 0 Å². The number of ether oxygens (including phenoxy) is 1. The van der Waals surface area contributed by atoms with Crippen LogP contribution in [0.15, 0.2) is 36.4 Å². The van der Waals surface area contributed by atoms with E-state index in [9.17, 15) is 19.0 Å². The van der Waals surface area contributed by atoms with Gasteiger partial charge in [-0.05, 0) is 34.0 Å². The predicted octanol–water partition coefficient (Wildman–Crippen LogP) is 3.12. The number of aliphatic hydroxyl groups is 2. The van der Waals surface area contributed by atoms with E-state index in [2.05, 4.69) is 0 Å². The average Bonchev–Trinajstić information content (AvgIpc) is 3.35. The molecule has 3 nitrogen and oxygen atoms in total. The summed E-state index contributed by atoms with van der Waals surface area (Å²) in [6.07, 6.45) is -2.97. The Morgan fingerprint density at radius 1 is 0.870 bits per heavy atom. The van der Waals surface area contributed by atoms with Crippen molar-refractivity contribution in [3.05, 3.63) is 59.2 Å². The molecule has 5 rings (SSSR count). The number of aliphatic hydroxyl groups excluding tert-OH is 2. The maximum atomic E-state index is 14.5. The van der Waals surface area contributed by atoms with E-state index in [1.54, 1.807) is 24.3 Å². The summed E-state index contributed by atoms with van der Waals surface area (Å²) in [5.41, 5.74) is 1.17. The zero-order chi connectivity index (χ0) is 15.9. The minimum absolute atomic E-state index is 0.192. The Kier molecular flexibility index (Phi) is 2.48. The van der Waals surface area contributed by atoms with Gasteiger partial charge < -0.3 is 14.9 Å². The Hall–Kier alpha value is -2.08. The molecule has 116 valence electrons. The van der Waals surface area contributed by atoms with E-state index in [1.807, 2.05) is 0 Å². The van der Waals surface area contributed by atoms with Crippen molar-refractivity contribution in [2.24, 2.45) is 0 Å². The second-order valence-electron chi connectivity index (χ2n) is 6.14. The molecule has 1 fully saturated rings. The minimum atomic E-state index is -1.09. The van der Waals surface area contributed by atoms with E-state index < -0.39 is 29.9 Å². The fourth-order valence-corrected chi connectivity index (χ4v) is 3.77. The molecule has 1 saturated heterocycles. The van der Waals surface area contributed by atoms with Crippen molar-refractivity contribution in [2.75, 3.05) is 0 Å². The second kappa shape index (κ2) is 4.26. The molecule has 1 aliphatic carbocycles. The van der Waals surface area contributed by atoms with Crippen LogP contribution in [0.3, 0.4) is 0 Å². The quantitative estimate of drug-likeness (QED) is 0.495. The topological polar surface area (TPSA) is 53.0 Å². The molecule has 5 heteroatoms. The smallest absolute Gasteiger partial charge is 0.131 e. The van der Waals surface area contributed by atoms with Crippen molar-refractivity contribution in [3.8, 4) is 0 Å². The highest BCUT2D eigenvalue weighted by atomic mass is 19.1. The summed E-state index contributed by atoms with van der Waals surface area (Å²) >= 11 is 0. The first-order valence-electron chi connectivity index (χ1n) is 7.43. The standard InChI is InChI=1S/C18H12F2O3/c19-10-5-6-11(20)13-8(10)3-1-7-2-4-9-14(12(7)13)17-18(23-17)16(22)15(9)21/h1-6,15-18,21-22H/t15-,16+,17-,18+/m0/s1. The van der Waals surface area contributed by atoms with Crippen LogP contribution in [0.25, 0.3) is 21.5 Å². The van der Waals surface area contributed by atoms with Gasteiger partial charge in [0, 0.05) is 10.8 Å². The zero-order valence-corrected chi connectivity index (χ0v) is 11.8. The molecule has 1 aliphatic heterocycles. The lowest BCUT2D eigenvalue weighted by molar-refractivity contribution is 0.000109. The molecule has 0 unspecified atom stereocenters. The van der Waals surface area contributed by atoms with Gasteiger partial charge >= 0.3 is 0 Å². The summed E-state index contributed by atoms with van der Waals surface area (Å²) in [7, 11) is 0. The highest BCUT2D eigenvalue weighted by Crippen LogP contribution is 2.53. The van der Waals surface area contributed by atoms with Crippen LogP contribution >= 0.6 is 0 Å². The molecule has 3 aromatic rings.